The number of hydrogen-bond donors (Lipinski definition) is 0. The zero-order valence-corrected chi connectivity index (χ0v) is 15.5. The molecule has 0 radical (unpaired) electrons. The van der Waals surface area contributed by atoms with E-state index in [2.05, 4.69) is 11.9 Å². The lowest BCUT2D eigenvalue weighted by Crippen LogP contribution is -2.31. The minimum atomic E-state index is -0.121. The van der Waals surface area contributed by atoms with E-state index in [0.717, 1.165) is 18.4 Å². The molecule has 0 aliphatic rings. The topological polar surface area (TPSA) is 42.4 Å². The van der Waals surface area contributed by atoms with Crippen LogP contribution in [0.3, 0.4) is 0 Å². The molecule has 0 bridgehead atoms. The number of carbonyl (C=O) groups is 1. The number of aromatic nitrogens is 1. The molecule has 138 valence electrons. The van der Waals surface area contributed by atoms with Crippen molar-refractivity contribution < 1.29 is 9.53 Å². The van der Waals surface area contributed by atoms with E-state index in [0.29, 0.717) is 30.3 Å². The van der Waals surface area contributed by atoms with Gasteiger partial charge in [-0.25, -0.2) is 4.98 Å². The molecule has 1 amide bonds. The number of benzene rings is 2. The molecule has 0 atom stereocenters. The first-order valence-electron chi connectivity index (χ1n) is 9.28. The van der Waals surface area contributed by atoms with Crippen molar-refractivity contribution in [2.45, 2.75) is 26.3 Å². The maximum Gasteiger partial charge on any atom is 0.263 e. The largest absolute Gasteiger partial charge is 0.493 e. The standard InChI is InChI=1S/C23H24N2O2/c1-2-3-17-27-21-14-8-7-13-20(21)23(26)25(22-15-9-10-16-24-22)18-19-11-5-4-6-12-19/h4-16H,2-3,17-18H2,1H3. The van der Waals surface area contributed by atoms with Crippen LogP contribution in [0.1, 0.15) is 35.7 Å². The minimum absolute atomic E-state index is 0.121. The van der Waals surface area contributed by atoms with Gasteiger partial charge in [-0.1, -0.05) is 61.9 Å². The third-order valence-corrected chi connectivity index (χ3v) is 4.23. The summed E-state index contributed by atoms with van der Waals surface area (Å²) in [5, 5.41) is 0. The first-order chi connectivity index (χ1) is 13.3. The van der Waals surface area contributed by atoms with Gasteiger partial charge in [-0.05, 0) is 36.2 Å². The van der Waals surface area contributed by atoms with Crippen LogP contribution in [0, 0.1) is 0 Å². The highest BCUT2D eigenvalue weighted by Crippen LogP contribution is 2.24. The summed E-state index contributed by atoms with van der Waals surface area (Å²) in [4.78, 5) is 19.5. The molecule has 3 aromatic rings. The second-order valence-electron chi connectivity index (χ2n) is 6.26. The van der Waals surface area contributed by atoms with Crippen LogP contribution in [-0.4, -0.2) is 17.5 Å². The van der Waals surface area contributed by atoms with Gasteiger partial charge in [0.25, 0.3) is 5.91 Å². The molecule has 1 heterocycles. The normalized spacial score (nSPS) is 10.4. The molecule has 1 aromatic heterocycles. The Morgan fingerprint density at radius 3 is 2.44 bits per heavy atom. The highest BCUT2D eigenvalue weighted by Gasteiger charge is 2.22. The number of para-hydroxylation sites is 1. The fraction of sp³-hybridized carbons (Fsp3) is 0.217. The quantitative estimate of drug-likeness (QED) is 0.524. The number of nitrogens with zero attached hydrogens (tertiary/aromatic N) is 2. The fourth-order valence-corrected chi connectivity index (χ4v) is 2.78. The van der Waals surface area contributed by atoms with E-state index in [1.54, 1.807) is 11.1 Å². The molecular formula is C23H24N2O2. The molecule has 0 saturated carbocycles. The van der Waals surface area contributed by atoms with Crippen LogP contribution in [0.2, 0.25) is 0 Å². The van der Waals surface area contributed by atoms with E-state index in [-0.39, 0.29) is 5.91 Å². The second kappa shape index (κ2) is 9.53. The van der Waals surface area contributed by atoms with Crippen molar-refractivity contribution in [3.8, 4) is 5.75 Å². The van der Waals surface area contributed by atoms with Gasteiger partial charge >= 0.3 is 0 Å². The summed E-state index contributed by atoms with van der Waals surface area (Å²) >= 11 is 0. The number of rotatable bonds is 8. The molecule has 0 saturated heterocycles. The summed E-state index contributed by atoms with van der Waals surface area (Å²) in [6.07, 6.45) is 3.70. The third-order valence-electron chi connectivity index (χ3n) is 4.23. The van der Waals surface area contributed by atoms with Crippen molar-refractivity contribution in [2.24, 2.45) is 0 Å². The molecule has 0 aliphatic heterocycles. The van der Waals surface area contributed by atoms with Crippen molar-refractivity contribution >= 4 is 11.7 Å². The zero-order valence-electron chi connectivity index (χ0n) is 15.5. The lowest BCUT2D eigenvalue weighted by molar-refractivity contribution is 0.0980. The van der Waals surface area contributed by atoms with Crippen molar-refractivity contribution in [3.05, 3.63) is 90.1 Å². The summed E-state index contributed by atoms with van der Waals surface area (Å²) in [5.74, 6) is 1.12. The number of hydrogen-bond acceptors (Lipinski definition) is 3. The van der Waals surface area contributed by atoms with Crippen LogP contribution in [0.25, 0.3) is 0 Å². The molecule has 4 nitrogen and oxygen atoms in total. The fourth-order valence-electron chi connectivity index (χ4n) is 2.78. The Kier molecular flexibility index (Phi) is 6.58. The van der Waals surface area contributed by atoms with Gasteiger partial charge in [0.2, 0.25) is 0 Å². The smallest absolute Gasteiger partial charge is 0.263 e. The summed E-state index contributed by atoms with van der Waals surface area (Å²) in [6.45, 7) is 3.16. The van der Waals surface area contributed by atoms with Gasteiger partial charge in [-0.2, -0.15) is 0 Å². The SMILES string of the molecule is CCCCOc1ccccc1C(=O)N(Cc1ccccc1)c1ccccn1. The summed E-state index contributed by atoms with van der Waals surface area (Å²) in [7, 11) is 0. The Labute approximate surface area is 160 Å². The maximum atomic E-state index is 13.4. The van der Waals surface area contributed by atoms with Gasteiger partial charge in [-0.3, -0.25) is 9.69 Å². The summed E-state index contributed by atoms with van der Waals surface area (Å²) in [5.41, 5.74) is 1.59. The molecular weight excluding hydrogens is 336 g/mol. The number of carbonyl (C=O) groups excluding carboxylic acids is 1. The second-order valence-corrected chi connectivity index (χ2v) is 6.26. The number of pyridine rings is 1. The molecule has 3 rings (SSSR count). The Hall–Kier alpha value is -3.14. The van der Waals surface area contributed by atoms with Crippen LogP contribution in [0.5, 0.6) is 5.75 Å². The summed E-state index contributed by atoms with van der Waals surface area (Å²) < 4.78 is 5.87. The first-order valence-corrected chi connectivity index (χ1v) is 9.28. The lowest BCUT2D eigenvalue weighted by Gasteiger charge is -2.23. The summed E-state index contributed by atoms with van der Waals surface area (Å²) in [6, 6.07) is 22.9. The number of unbranched alkanes of at least 4 members (excludes halogenated alkanes) is 1. The van der Waals surface area contributed by atoms with Gasteiger partial charge in [0, 0.05) is 6.20 Å². The van der Waals surface area contributed by atoms with E-state index < -0.39 is 0 Å². The molecule has 27 heavy (non-hydrogen) atoms. The Morgan fingerprint density at radius 1 is 0.963 bits per heavy atom. The molecule has 0 fully saturated rings. The molecule has 0 spiro atoms. The lowest BCUT2D eigenvalue weighted by atomic mass is 10.1. The van der Waals surface area contributed by atoms with Crippen molar-refractivity contribution in [1.82, 2.24) is 4.98 Å². The number of ether oxygens (including phenoxy) is 1. The van der Waals surface area contributed by atoms with Crippen LogP contribution >= 0.6 is 0 Å². The van der Waals surface area contributed by atoms with Crippen molar-refractivity contribution in [3.63, 3.8) is 0 Å². The Balaban J connectivity index is 1.92. The monoisotopic (exact) mass is 360 g/mol. The molecule has 0 unspecified atom stereocenters. The van der Waals surface area contributed by atoms with E-state index in [1.807, 2.05) is 72.8 Å². The van der Waals surface area contributed by atoms with Crippen LogP contribution in [0.4, 0.5) is 5.82 Å². The molecule has 2 aromatic carbocycles. The predicted molar refractivity (Wildman–Crippen MR) is 108 cm³/mol. The van der Waals surface area contributed by atoms with Gasteiger partial charge in [0.1, 0.15) is 11.6 Å². The maximum absolute atomic E-state index is 13.4. The zero-order chi connectivity index (χ0) is 18.9. The van der Waals surface area contributed by atoms with Crippen LogP contribution < -0.4 is 9.64 Å². The average Bonchev–Trinajstić information content (AvgIpc) is 2.73. The van der Waals surface area contributed by atoms with Crippen LogP contribution in [0.15, 0.2) is 79.0 Å². The van der Waals surface area contributed by atoms with Gasteiger partial charge in [-0.15, -0.1) is 0 Å². The average molecular weight is 360 g/mol. The predicted octanol–water partition coefficient (Wildman–Crippen LogP) is 5.11. The highest BCUT2D eigenvalue weighted by molar-refractivity contribution is 6.07. The molecule has 4 heteroatoms. The van der Waals surface area contributed by atoms with E-state index >= 15 is 0 Å². The van der Waals surface area contributed by atoms with Crippen molar-refractivity contribution in [2.75, 3.05) is 11.5 Å². The van der Waals surface area contributed by atoms with E-state index in [1.165, 1.54) is 0 Å². The van der Waals surface area contributed by atoms with E-state index in [4.69, 9.17) is 4.74 Å². The number of anilines is 1. The van der Waals surface area contributed by atoms with Gasteiger partial charge < -0.3 is 4.74 Å². The Bertz CT molecular complexity index is 851. The van der Waals surface area contributed by atoms with Crippen LogP contribution in [-0.2, 0) is 6.54 Å². The highest BCUT2D eigenvalue weighted by atomic mass is 16.5. The third kappa shape index (κ3) is 4.94. The number of amides is 1. The van der Waals surface area contributed by atoms with Crippen molar-refractivity contribution in [1.29, 1.82) is 0 Å². The molecule has 0 aliphatic carbocycles. The Morgan fingerprint density at radius 2 is 1.70 bits per heavy atom. The first kappa shape index (κ1) is 18.6. The molecule has 0 N–H and O–H groups in total. The minimum Gasteiger partial charge on any atom is -0.493 e. The van der Waals surface area contributed by atoms with Gasteiger partial charge in [0.05, 0.1) is 18.7 Å². The van der Waals surface area contributed by atoms with Gasteiger partial charge in [0.15, 0.2) is 0 Å². The van der Waals surface area contributed by atoms with E-state index in [9.17, 15) is 4.79 Å².